The molecule has 3 rings (SSSR count). The lowest BCUT2D eigenvalue weighted by Crippen LogP contribution is -2.29. The molecule has 0 aliphatic carbocycles. The van der Waals surface area contributed by atoms with Gasteiger partial charge in [-0.1, -0.05) is 12.1 Å². The quantitative estimate of drug-likeness (QED) is 0.609. The lowest BCUT2D eigenvalue weighted by Gasteiger charge is -2.19. The molecule has 0 amide bonds. The Labute approximate surface area is 172 Å². The van der Waals surface area contributed by atoms with Crippen LogP contribution in [-0.4, -0.2) is 23.1 Å². The molecule has 0 unspecified atom stereocenters. The molecule has 0 aliphatic rings. The van der Waals surface area contributed by atoms with Gasteiger partial charge in [0.2, 0.25) is 5.95 Å². The molecule has 1 heterocycles. The number of aromatic nitrogens is 2. The number of nitrogens with zero attached hydrogens (tertiary/aromatic N) is 2. The van der Waals surface area contributed by atoms with Crippen molar-refractivity contribution in [2.75, 3.05) is 5.32 Å². The number of benzene rings is 2. The van der Waals surface area contributed by atoms with Gasteiger partial charge in [0.15, 0.2) is 15.7 Å². The van der Waals surface area contributed by atoms with Crippen LogP contribution in [-0.2, 0) is 15.6 Å². The second-order valence-corrected chi connectivity index (χ2v) is 10.5. The van der Waals surface area contributed by atoms with Gasteiger partial charge in [-0.15, -0.1) is 0 Å². The zero-order valence-corrected chi connectivity index (χ0v) is 17.4. The van der Waals surface area contributed by atoms with Crippen LogP contribution in [0, 0.1) is 17.5 Å². The number of halogens is 3. The number of nitrogens with one attached hydrogen (secondary N) is 1. The van der Waals surface area contributed by atoms with E-state index in [1.165, 1.54) is 0 Å². The number of anilines is 2. The highest BCUT2D eigenvalue weighted by Crippen LogP contribution is 2.26. The minimum Gasteiger partial charge on any atom is -0.324 e. The van der Waals surface area contributed by atoms with Gasteiger partial charge in [-0.2, -0.15) is 0 Å². The van der Waals surface area contributed by atoms with Crippen molar-refractivity contribution < 1.29 is 21.6 Å². The van der Waals surface area contributed by atoms with Crippen LogP contribution < -0.4 is 5.32 Å². The van der Waals surface area contributed by atoms with Crippen LogP contribution in [0.4, 0.5) is 24.8 Å². The molecule has 1 N–H and O–H groups in total. The van der Waals surface area contributed by atoms with E-state index >= 15 is 0 Å². The average Bonchev–Trinajstić information content (AvgIpc) is 2.64. The number of hydrogen-bond donors (Lipinski definition) is 1. The molecular weight excluding hydrogens is 415 g/mol. The number of sulfone groups is 1. The Morgan fingerprint density at radius 1 is 0.967 bits per heavy atom. The fourth-order valence-corrected chi connectivity index (χ4v) is 3.61. The molecule has 30 heavy (non-hydrogen) atoms. The first-order chi connectivity index (χ1) is 14.0. The number of rotatable bonds is 5. The molecule has 0 atom stereocenters. The molecule has 5 nitrogen and oxygen atoms in total. The smallest absolute Gasteiger partial charge is 0.227 e. The first-order valence-electron chi connectivity index (χ1n) is 9.02. The van der Waals surface area contributed by atoms with Crippen molar-refractivity contribution in [1.29, 1.82) is 0 Å². The minimum atomic E-state index is -3.32. The lowest BCUT2D eigenvalue weighted by atomic mass is 10.1. The van der Waals surface area contributed by atoms with Gasteiger partial charge in [0, 0.05) is 17.3 Å². The molecule has 2 aromatic carbocycles. The monoisotopic (exact) mass is 435 g/mol. The predicted octanol–water partition coefficient (Wildman–Crippen LogP) is 5.02. The predicted molar refractivity (Wildman–Crippen MR) is 109 cm³/mol. The van der Waals surface area contributed by atoms with E-state index in [4.69, 9.17) is 0 Å². The second-order valence-electron chi connectivity index (χ2n) is 7.71. The maximum Gasteiger partial charge on any atom is 0.227 e. The number of hydrogen-bond acceptors (Lipinski definition) is 5. The normalized spacial score (nSPS) is 12.1. The van der Waals surface area contributed by atoms with Crippen molar-refractivity contribution in [2.45, 2.75) is 31.3 Å². The molecule has 0 bridgehead atoms. The Balaban J connectivity index is 1.82. The summed E-state index contributed by atoms with van der Waals surface area (Å²) < 4.78 is 65.0. The first kappa shape index (κ1) is 21.8. The summed E-state index contributed by atoms with van der Waals surface area (Å²) in [6.07, 6.45) is 0.887. The summed E-state index contributed by atoms with van der Waals surface area (Å²) in [6, 6.07) is 9.33. The van der Waals surface area contributed by atoms with Crippen molar-refractivity contribution in [1.82, 2.24) is 9.97 Å². The zero-order chi connectivity index (χ0) is 22.1. The van der Waals surface area contributed by atoms with Crippen molar-refractivity contribution in [2.24, 2.45) is 0 Å². The molecule has 0 aliphatic heterocycles. The van der Waals surface area contributed by atoms with Gasteiger partial charge in [-0.3, -0.25) is 0 Å². The average molecular weight is 435 g/mol. The third-order valence-corrected chi connectivity index (χ3v) is 7.01. The molecule has 3 aromatic rings. The summed E-state index contributed by atoms with van der Waals surface area (Å²) >= 11 is 0. The zero-order valence-electron chi connectivity index (χ0n) is 16.6. The highest BCUT2D eigenvalue weighted by atomic mass is 32.2. The van der Waals surface area contributed by atoms with E-state index in [0.717, 1.165) is 18.3 Å². The summed E-state index contributed by atoms with van der Waals surface area (Å²) in [5.74, 6) is -2.67. The summed E-state index contributed by atoms with van der Waals surface area (Å²) in [5.41, 5.74) is 0.647. The van der Waals surface area contributed by atoms with Gasteiger partial charge in [0.1, 0.15) is 17.3 Å². The van der Waals surface area contributed by atoms with Gasteiger partial charge in [0.25, 0.3) is 0 Å². The first-order valence-corrected chi connectivity index (χ1v) is 10.7. The highest BCUT2D eigenvalue weighted by Gasteiger charge is 2.28. The van der Waals surface area contributed by atoms with Crippen LogP contribution in [0.3, 0.4) is 0 Å². The van der Waals surface area contributed by atoms with E-state index in [1.807, 2.05) is 0 Å². The maximum atomic E-state index is 14.1. The highest BCUT2D eigenvalue weighted by molar-refractivity contribution is 7.91. The molecule has 158 valence electrons. The van der Waals surface area contributed by atoms with Crippen LogP contribution in [0.5, 0.6) is 0 Å². The molecule has 0 fully saturated rings. The Kier molecular flexibility index (Phi) is 5.85. The van der Waals surface area contributed by atoms with Crippen molar-refractivity contribution in [3.8, 4) is 11.3 Å². The second kappa shape index (κ2) is 8.06. The lowest BCUT2D eigenvalue weighted by molar-refractivity contribution is 0.559. The van der Waals surface area contributed by atoms with Gasteiger partial charge < -0.3 is 5.32 Å². The fraction of sp³-hybridized carbons (Fsp3) is 0.238. The van der Waals surface area contributed by atoms with E-state index in [0.29, 0.717) is 17.3 Å². The van der Waals surface area contributed by atoms with Crippen molar-refractivity contribution in [3.63, 3.8) is 0 Å². The third kappa shape index (κ3) is 4.79. The van der Waals surface area contributed by atoms with Crippen LogP contribution in [0.2, 0.25) is 0 Å². The van der Waals surface area contributed by atoms with E-state index in [9.17, 15) is 21.6 Å². The molecule has 0 spiro atoms. The van der Waals surface area contributed by atoms with Crippen molar-refractivity contribution >= 4 is 21.5 Å². The van der Waals surface area contributed by atoms with Crippen molar-refractivity contribution in [3.05, 3.63) is 71.7 Å². The largest absolute Gasteiger partial charge is 0.324 e. The van der Waals surface area contributed by atoms with Crippen LogP contribution in [0.15, 0.2) is 48.7 Å². The summed E-state index contributed by atoms with van der Waals surface area (Å²) in [4.78, 5) is 7.82. The molecule has 0 saturated carbocycles. The molecule has 0 saturated heterocycles. The maximum absolute atomic E-state index is 14.1. The standard InChI is InChI=1S/C21H20F3N3O2S/c1-21(2,3)30(28,29)12-13-4-7-15(8-5-13)26-20-25-11-18(24)19(27-20)16-9-6-14(22)10-17(16)23/h4-11H,12H2,1-3H3,(H,25,26,27). The molecule has 1 aromatic heterocycles. The molecular formula is C21H20F3N3O2S. The van der Waals surface area contributed by atoms with Crippen LogP contribution >= 0.6 is 0 Å². The third-order valence-electron chi connectivity index (χ3n) is 4.43. The van der Waals surface area contributed by atoms with E-state index < -0.39 is 32.0 Å². The topological polar surface area (TPSA) is 72.0 Å². The van der Waals surface area contributed by atoms with Crippen LogP contribution in [0.1, 0.15) is 26.3 Å². The Morgan fingerprint density at radius 3 is 2.23 bits per heavy atom. The molecule has 9 heteroatoms. The Morgan fingerprint density at radius 2 is 1.63 bits per heavy atom. The van der Waals surface area contributed by atoms with Gasteiger partial charge in [-0.25, -0.2) is 31.6 Å². The Bertz CT molecular complexity index is 1180. The van der Waals surface area contributed by atoms with E-state index in [1.54, 1.807) is 45.0 Å². The Hall–Kier alpha value is -2.94. The van der Waals surface area contributed by atoms with Gasteiger partial charge in [-0.05, 0) is 50.6 Å². The summed E-state index contributed by atoms with van der Waals surface area (Å²) in [6.45, 7) is 4.93. The van der Waals surface area contributed by atoms with Gasteiger partial charge in [0.05, 0.1) is 16.7 Å². The molecule has 0 radical (unpaired) electrons. The van der Waals surface area contributed by atoms with E-state index in [-0.39, 0.29) is 23.0 Å². The SMILES string of the molecule is CC(C)(C)S(=O)(=O)Cc1ccc(Nc2ncc(F)c(-c3ccc(F)cc3F)n2)cc1. The van der Waals surface area contributed by atoms with E-state index in [2.05, 4.69) is 15.3 Å². The van der Waals surface area contributed by atoms with Gasteiger partial charge >= 0.3 is 0 Å². The summed E-state index contributed by atoms with van der Waals surface area (Å²) in [7, 11) is -3.32. The summed E-state index contributed by atoms with van der Waals surface area (Å²) in [5, 5.41) is 2.86. The minimum absolute atomic E-state index is 0.00480. The van der Waals surface area contributed by atoms with Crippen LogP contribution in [0.25, 0.3) is 11.3 Å². The fourth-order valence-electron chi connectivity index (χ4n) is 2.55.